The van der Waals surface area contributed by atoms with Gasteiger partial charge >= 0.3 is 6.09 Å². The van der Waals surface area contributed by atoms with Crippen LogP contribution in [0.1, 0.15) is 54.4 Å². The van der Waals surface area contributed by atoms with E-state index in [0.29, 0.717) is 18.0 Å². The van der Waals surface area contributed by atoms with E-state index in [1.165, 1.54) is 6.42 Å². The van der Waals surface area contributed by atoms with Crippen molar-refractivity contribution < 1.29 is 9.53 Å². The average molecular weight is 270 g/mol. The summed E-state index contributed by atoms with van der Waals surface area (Å²) >= 11 is 0. The topological polar surface area (TPSA) is 41.6 Å². The summed E-state index contributed by atoms with van der Waals surface area (Å²) in [7, 11) is 0. The zero-order chi connectivity index (χ0) is 14.6. The van der Waals surface area contributed by atoms with E-state index in [1.807, 2.05) is 25.7 Å². The van der Waals surface area contributed by atoms with Crippen molar-refractivity contribution in [2.24, 2.45) is 5.92 Å². The van der Waals surface area contributed by atoms with E-state index in [-0.39, 0.29) is 6.09 Å². The van der Waals surface area contributed by atoms with Gasteiger partial charge in [0.05, 0.1) is 0 Å². The Morgan fingerprint density at radius 2 is 2.00 bits per heavy atom. The molecule has 1 amide bonds. The van der Waals surface area contributed by atoms with Gasteiger partial charge in [-0.05, 0) is 46.5 Å². The smallest absolute Gasteiger partial charge is 0.410 e. The molecule has 0 aromatic rings. The molecule has 1 aliphatic heterocycles. The second kappa shape index (κ2) is 6.60. The summed E-state index contributed by atoms with van der Waals surface area (Å²) in [5.41, 5.74) is -0.409. The molecule has 0 bridgehead atoms. The van der Waals surface area contributed by atoms with E-state index >= 15 is 0 Å². The van der Waals surface area contributed by atoms with Crippen LogP contribution in [0.15, 0.2) is 0 Å². The van der Waals surface area contributed by atoms with Crippen LogP contribution < -0.4 is 5.32 Å². The number of hydrogen-bond donors (Lipinski definition) is 1. The van der Waals surface area contributed by atoms with E-state index in [9.17, 15) is 4.79 Å². The van der Waals surface area contributed by atoms with Gasteiger partial charge in [-0.3, -0.25) is 0 Å². The van der Waals surface area contributed by atoms with Gasteiger partial charge in [-0.1, -0.05) is 13.8 Å². The van der Waals surface area contributed by atoms with Gasteiger partial charge in [-0.2, -0.15) is 0 Å². The van der Waals surface area contributed by atoms with E-state index in [0.717, 1.165) is 19.5 Å². The Morgan fingerprint density at radius 1 is 1.37 bits per heavy atom. The molecule has 2 unspecified atom stereocenters. The van der Waals surface area contributed by atoms with Crippen LogP contribution in [0.4, 0.5) is 4.79 Å². The summed E-state index contributed by atoms with van der Waals surface area (Å²) in [6, 6.07) is 0.907. The molecule has 1 fully saturated rings. The SMILES string of the molecule is CC(C)CC(C)NC1CCN(C(=O)OC(C)(C)C)C1. The Hall–Kier alpha value is -0.770. The highest BCUT2D eigenvalue weighted by Crippen LogP contribution is 2.16. The highest BCUT2D eigenvalue weighted by Gasteiger charge is 2.30. The second-order valence-electron chi connectivity index (χ2n) is 7.11. The van der Waals surface area contributed by atoms with Crippen LogP contribution in [0.2, 0.25) is 0 Å². The van der Waals surface area contributed by atoms with Crippen LogP contribution >= 0.6 is 0 Å². The first-order valence-electron chi connectivity index (χ1n) is 7.41. The fourth-order valence-corrected chi connectivity index (χ4v) is 2.57. The monoisotopic (exact) mass is 270 g/mol. The Bertz CT molecular complexity index is 297. The summed E-state index contributed by atoms with van der Waals surface area (Å²) in [4.78, 5) is 13.8. The third-order valence-electron chi connectivity index (χ3n) is 3.19. The van der Waals surface area contributed by atoms with Gasteiger partial charge in [0.15, 0.2) is 0 Å². The average Bonchev–Trinajstić information content (AvgIpc) is 2.61. The molecule has 112 valence electrons. The van der Waals surface area contributed by atoms with Gasteiger partial charge in [0.1, 0.15) is 5.60 Å². The molecule has 1 N–H and O–H groups in total. The Balaban J connectivity index is 2.35. The third-order valence-corrected chi connectivity index (χ3v) is 3.19. The molecule has 2 atom stereocenters. The molecule has 4 nitrogen and oxygen atoms in total. The molecule has 1 saturated heterocycles. The minimum absolute atomic E-state index is 0.187. The number of nitrogens with one attached hydrogen (secondary N) is 1. The molecule has 0 spiro atoms. The summed E-state index contributed by atoms with van der Waals surface area (Å²) in [6.07, 6.45) is 2.00. The van der Waals surface area contributed by atoms with Gasteiger partial charge in [0.2, 0.25) is 0 Å². The largest absolute Gasteiger partial charge is 0.444 e. The van der Waals surface area contributed by atoms with Crippen molar-refractivity contribution in [3.63, 3.8) is 0 Å². The number of rotatable bonds is 4. The molecule has 0 aromatic carbocycles. The first-order valence-corrected chi connectivity index (χ1v) is 7.41. The third kappa shape index (κ3) is 6.28. The van der Waals surface area contributed by atoms with Crippen LogP contribution in [0.5, 0.6) is 0 Å². The molecule has 0 aliphatic carbocycles. The van der Waals surface area contributed by atoms with Crippen molar-refractivity contribution in [1.82, 2.24) is 10.2 Å². The normalized spacial score (nSPS) is 21.8. The first kappa shape index (κ1) is 16.3. The van der Waals surface area contributed by atoms with E-state index < -0.39 is 5.60 Å². The number of nitrogens with zero attached hydrogens (tertiary/aromatic N) is 1. The highest BCUT2D eigenvalue weighted by molar-refractivity contribution is 5.68. The van der Waals surface area contributed by atoms with Crippen LogP contribution in [0, 0.1) is 5.92 Å². The number of likely N-dealkylation sites (tertiary alicyclic amines) is 1. The van der Waals surface area contributed by atoms with Gasteiger partial charge < -0.3 is 15.0 Å². The predicted octanol–water partition coefficient (Wildman–Crippen LogP) is 3.02. The number of ether oxygens (including phenoxy) is 1. The maximum absolute atomic E-state index is 11.9. The number of carbonyl (C=O) groups is 1. The Kier molecular flexibility index (Phi) is 5.65. The minimum Gasteiger partial charge on any atom is -0.444 e. The lowest BCUT2D eigenvalue weighted by atomic mass is 10.0. The molecule has 0 saturated carbocycles. The fourth-order valence-electron chi connectivity index (χ4n) is 2.57. The van der Waals surface area contributed by atoms with Crippen molar-refractivity contribution in [3.05, 3.63) is 0 Å². The second-order valence-corrected chi connectivity index (χ2v) is 7.11. The first-order chi connectivity index (χ1) is 8.67. The maximum Gasteiger partial charge on any atom is 0.410 e. The Morgan fingerprint density at radius 3 is 2.53 bits per heavy atom. The number of hydrogen-bond acceptors (Lipinski definition) is 3. The van der Waals surface area contributed by atoms with Crippen molar-refractivity contribution in [2.45, 2.75) is 72.1 Å². The molecule has 1 aliphatic rings. The van der Waals surface area contributed by atoms with Crippen molar-refractivity contribution in [1.29, 1.82) is 0 Å². The molecule has 4 heteroatoms. The predicted molar refractivity (Wildman–Crippen MR) is 78.3 cm³/mol. The summed E-state index contributed by atoms with van der Waals surface area (Å²) < 4.78 is 5.40. The molecule has 1 rings (SSSR count). The van der Waals surface area contributed by atoms with Gasteiger partial charge in [-0.15, -0.1) is 0 Å². The lowest BCUT2D eigenvalue weighted by molar-refractivity contribution is 0.0290. The van der Waals surface area contributed by atoms with Gasteiger partial charge in [-0.25, -0.2) is 4.79 Å². The molecular formula is C15H30N2O2. The van der Waals surface area contributed by atoms with Crippen molar-refractivity contribution in [2.75, 3.05) is 13.1 Å². The number of amides is 1. The lowest BCUT2D eigenvalue weighted by Crippen LogP contribution is -2.41. The lowest BCUT2D eigenvalue weighted by Gasteiger charge is -2.25. The van der Waals surface area contributed by atoms with Crippen LogP contribution in [-0.2, 0) is 4.74 Å². The standard InChI is InChI=1S/C15H30N2O2/c1-11(2)9-12(3)16-13-7-8-17(10-13)14(18)19-15(4,5)6/h11-13,16H,7-10H2,1-6H3. The van der Waals surface area contributed by atoms with E-state index in [4.69, 9.17) is 4.74 Å². The summed E-state index contributed by atoms with van der Waals surface area (Å²) in [5, 5.41) is 3.61. The molecule has 0 radical (unpaired) electrons. The zero-order valence-corrected chi connectivity index (χ0v) is 13.3. The molecule has 0 aromatic heterocycles. The fraction of sp³-hybridized carbons (Fsp3) is 0.933. The number of carbonyl (C=O) groups excluding carboxylic acids is 1. The summed E-state index contributed by atoms with van der Waals surface area (Å²) in [6.45, 7) is 14.0. The van der Waals surface area contributed by atoms with E-state index in [1.54, 1.807) is 0 Å². The van der Waals surface area contributed by atoms with E-state index in [2.05, 4.69) is 26.1 Å². The van der Waals surface area contributed by atoms with Crippen molar-refractivity contribution >= 4 is 6.09 Å². The van der Waals surface area contributed by atoms with Gasteiger partial charge in [0.25, 0.3) is 0 Å². The van der Waals surface area contributed by atoms with Gasteiger partial charge in [0, 0.05) is 25.2 Å². The highest BCUT2D eigenvalue weighted by atomic mass is 16.6. The van der Waals surface area contributed by atoms with Crippen LogP contribution in [0.25, 0.3) is 0 Å². The maximum atomic E-state index is 11.9. The van der Waals surface area contributed by atoms with Crippen LogP contribution in [0.3, 0.4) is 0 Å². The molecule has 19 heavy (non-hydrogen) atoms. The quantitative estimate of drug-likeness (QED) is 0.854. The van der Waals surface area contributed by atoms with Crippen molar-refractivity contribution in [3.8, 4) is 0 Å². The zero-order valence-electron chi connectivity index (χ0n) is 13.3. The summed E-state index contributed by atoms with van der Waals surface area (Å²) in [5.74, 6) is 0.700. The Labute approximate surface area is 117 Å². The molecular weight excluding hydrogens is 240 g/mol. The minimum atomic E-state index is -0.409. The van der Waals surface area contributed by atoms with Crippen LogP contribution in [-0.4, -0.2) is 41.8 Å². The molecule has 1 heterocycles.